The van der Waals surface area contributed by atoms with Crippen LogP contribution in [0.3, 0.4) is 0 Å². The van der Waals surface area contributed by atoms with Gasteiger partial charge in [-0.2, -0.15) is 0 Å². The zero-order valence-electron chi connectivity index (χ0n) is 6.90. The molecule has 0 radical (unpaired) electrons. The second-order valence-corrected chi connectivity index (χ2v) is 2.62. The molecule has 70 valence electrons. The van der Waals surface area contributed by atoms with Crippen molar-refractivity contribution in [2.45, 2.75) is 25.6 Å². The Balaban J connectivity index is 4.25. The molecule has 0 aliphatic carbocycles. The smallest absolute Gasteiger partial charge is 0.363 e. The van der Waals surface area contributed by atoms with E-state index in [1.54, 1.807) is 0 Å². The Hall–Kier alpha value is -1.14. The Morgan fingerprint density at radius 3 is 2.25 bits per heavy atom. The standard InChI is InChI=1S/C6H12N2O4/c1-3(7)4(9)12-6(2,8)5(10)11/h3H,7-8H2,1-2H3,(H,10,11). The Kier molecular flexibility index (Phi) is 3.17. The molecule has 0 aliphatic rings. The minimum absolute atomic E-state index is 0.845. The first-order chi connectivity index (χ1) is 5.27. The van der Waals surface area contributed by atoms with Gasteiger partial charge in [0.1, 0.15) is 6.04 Å². The van der Waals surface area contributed by atoms with Crippen molar-refractivity contribution in [3.05, 3.63) is 0 Å². The zero-order chi connectivity index (χ0) is 9.94. The van der Waals surface area contributed by atoms with Crippen molar-refractivity contribution in [2.24, 2.45) is 11.5 Å². The molecule has 0 aliphatic heterocycles. The van der Waals surface area contributed by atoms with Gasteiger partial charge in [0.25, 0.3) is 5.72 Å². The molecule has 0 rings (SSSR count). The number of rotatable bonds is 3. The molecular formula is C6H12N2O4. The minimum atomic E-state index is -2.01. The lowest BCUT2D eigenvalue weighted by Gasteiger charge is -2.20. The number of carbonyl (C=O) groups is 2. The normalized spacial score (nSPS) is 17.7. The molecule has 0 spiro atoms. The fourth-order valence-electron chi connectivity index (χ4n) is 0.346. The molecule has 0 saturated carbocycles. The maximum atomic E-state index is 10.8. The topological polar surface area (TPSA) is 116 Å². The van der Waals surface area contributed by atoms with Crippen LogP contribution in [-0.2, 0) is 14.3 Å². The van der Waals surface area contributed by atoms with Crippen molar-refractivity contribution < 1.29 is 19.4 Å². The summed E-state index contributed by atoms with van der Waals surface area (Å²) in [5.41, 5.74) is 8.21. The largest absolute Gasteiger partial charge is 0.477 e. The number of hydrogen-bond donors (Lipinski definition) is 3. The number of aliphatic carboxylic acids is 1. The van der Waals surface area contributed by atoms with Gasteiger partial charge in [-0.1, -0.05) is 0 Å². The summed E-state index contributed by atoms with van der Waals surface area (Å²) < 4.78 is 4.38. The number of hydrogen-bond acceptors (Lipinski definition) is 5. The molecule has 0 aromatic heterocycles. The molecule has 0 aromatic rings. The molecule has 0 aromatic carbocycles. The van der Waals surface area contributed by atoms with Gasteiger partial charge in [0.15, 0.2) is 0 Å². The van der Waals surface area contributed by atoms with Crippen LogP contribution < -0.4 is 11.5 Å². The Bertz CT molecular complexity index is 200. The van der Waals surface area contributed by atoms with E-state index in [1.807, 2.05) is 0 Å². The number of ether oxygens (including phenoxy) is 1. The van der Waals surface area contributed by atoms with Gasteiger partial charge in [0.05, 0.1) is 0 Å². The SMILES string of the molecule is CC(N)C(=O)OC(C)(N)C(=O)O. The van der Waals surface area contributed by atoms with Gasteiger partial charge in [-0.25, -0.2) is 4.79 Å². The third-order valence-electron chi connectivity index (χ3n) is 1.11. The van der Waals surface area contributed by atoms with E-state index in [1.165, 1.54) is 6.92 Å². The average molecular weight is 176 g/mol. The maximum absolute atomic E-state index is 10.8. The molecule has 0 heterocycles. The van der Waals surface area contributed by atoms with Crippen LogP contribution in [0.2, 0.25) is 0 Å². The van der Waals surface area contributed by atoms with Gasteiger partial charge >= 0.3 is 11.9 Å². The predicted octanol–water partition coefficient (Wildman–Crippen LogP) is -1.36. The third kappa shape index (κ3) is 2.85. The van der Waals surface area contributed by atoms with Crippen molar-refractivity contribution in [2.75, 3.05) is 0 Å². The summed E-state index contributed by atoms with van der Waals surface area (Å²) in [7, 11) is 0. The van der Waals surface area contributed by atoms with Gasteiger partial charge in [0, 0.05) is 6.92 Å². The van der Waals surface area contributed by atoms with Gasteiger partial charge in [-0.05, 0) is 6.92 Å². The van der Waals surface area contributed by atoms with Crippen LogP contribution in [0.15, 0.2) is 0 Å². The van der Waals surface area contributed by atoms with Crippen LogP contribution in [0.4, 0.5) is 0 Å². The summed E-state index contributed by atoms with van der Waals surface area (Å²) in [5.74, 6) is -2.26. The highest BCUT2D eigenvalue weighted by atomic mass is 16.6. The molecule has 0 fully saturated rings. The van der Waals surface area contributed by atoms with Crippen molar-refractivity contribution >= 4 is 11.9 Å². The molecule has 0 bridgehead atoms. The van der Waals surface area contributed by atoms with Crippen LogP contribution in [-0.4, -0.2) is 28.8 Å². The van der Waals surface area contributed by atoms with Crippen LogP contribution >= 0.6 is 0 Å². The van der Waals surface area contributed by atoms with E-state index in [2.05, 4.69) is 4.74 Å². The van der Waals surface area contributed by atoms with Gasteiger partial charge in [-0.15, -0.1) is 0 Å². The summed E-state index contributed by atoms with van der Waals surface area (Å²) in [6.07, 6.45) is 0. The monoisotopic (exact) mass is 176 g/mol. The number of carbonyl (C=O) groups excluding carboxylic acids is 1. The summed E-state index contributed by atoms with van der Waals surface area (Å²) in [6.45, 7) is 2.44. The lowest BCUT2D eigenvalue weighted by molar-refractivity contribution is -0.176. The molecule has 2 atom stereocenters. The summed E-state index contributed by atoms with van der Waals surface area (Å²) in [6, 6.07) is -0.882. The molecule has 6 nitrogen and oxygen atoms in total. The third-order valence-corrected chi connectivity index (χ3v) is 1.11. The fourth-order valence-corrected chi connectivity index (χ4v) is 0.346. The molecular weight excluding hydrogens is 164 g/mol. The van der Waals surface area contributed by atoms with E-state index in [-0.39, 0.29) is 0 Å². The summed E-state index contributed by atoms with van der Waals surface area (Å²) >= 11 is 0. The first-order valence-electron chi connectivity index (χ1n) is 3.28. The van der Waals surface area contributed by atoms with E-state index in [4.69, 9.17) is 16.6 Å². The average Bonchev–Trinajstić information content (AvgIpc) is 1.85. The van der Waals surface area contributed by atoms with Crippen LogP contribution in [0.5, 0.6) is 0 Å². The Morgan fingerprint density at radius 1 is 1.58 bits per heavy atom. The molecule has 5 N–H and O–H groups in total. The van der Waals surface area contributed by atoms with E-state index >= 15 is 0 Å². The first-order valence-corrected chi connectivity index (χ1v) is 3.28. The van der Waals surface area contributed by atoms with Gasteiger partial charge < -0.3 is 15.6 Å². The van der Waals surface area contributed by atoms with Crippen molar-refractivity contribution in [3.63, 3.8) is 0 Å². The highest BCUT2D eigenvalue weighted by Crippen LogP contribution is 2.02. The summed E-state index contributed by atoms with van der Waals surface area (Å²) in [4.78, 5) is 21.1. The number of nitrogens with two attached hydrogens (primary N) is 2. The zero-order valence-corrected chi connectivity index (χ0v) is 6.90. The van der Waals surface area contributed by atoms with E-state index in [9.17, 15) is 9.59 Å². The maximum Gasteiger partial charge on any atom is 0.363 e. The quantitative estimate of drug-likeness (QED) is 0.361. The Labute approximate surface area is 69.5 Å². The van der Waals surface area contributed by atoms with Crippen molar-refractivity contribution in [1.82, 2.24) is 0 Å². The number of carboxylic acid groups (broad SMARTS) is 1. The van der Waals surface area contributed by atoms with E-state index < -0.39 is 23.7 Å². The van der Waals surface area contributed by atoms with Crippen LogP contribution in [0.25, 0.3) is 0 Å². The second kappa shape index (κ2) is 3.51. The second-order valence-electron chi connectivity index (χ2n) is 2.62. The lowest BCUT2D eigenvalue weighted by Crippen LogP contribution is -2.51. The fraction of sp³-hybridized carbons (Fsp3) is 0.667. The highest BCUT2D eigenvalue weighted by molar-refractivity contribution is 5.82. The van der Waals surface area contributed by atoms with Crippen LogP contribution in [0.1, 0.15) is 13.8 Å². The van der Waals surface area contributed by atoms with Crippen LogP contribution in [0, 0.1) is 0 Å². The van der Waals surface area contributed by atoms with Crippen molar-refractivity contribution in [1.29, 1.82) is 0 Å². The first kappa shape index (κ1) is 10.9. The molecule has 0 amide bonds. The highest BCUT2D eigenvalue weighted by Gasteiger charge is 2.33. The Morgan fingerprint density at radius 2 is 2.00 bits per heavy atom. The van der Waals surface area contributed by atoms with E-state index in [0.29, 0.717) is 0 Å². The van der Waals surface area contributed by atoms with Gasteiger partial charge in [-0.3, -0.25) is 10.5 Å². The molecule has 12 heavy (non-hydrogen) atoms. The van der Waals surface area contributed by atoms with E-state index in [0.717, 1.165) is 6.92 Å². The van der Waals surface area contributed by atoms with Crippen molar-refractivity contribution in [3.8, 4) is 0 Å². The molecule has 2 unspecified atom stereocenters. The lowest BCUT2D eigenvalue weighted by atomic mass is 10.3. The summed E-state index contributed by atoms with van der Waals surface area (Å²) in [5, 5.41) is 8.43. The number of carboxylic acids is 1. The molecule has 6 heteroatoms. The number of esters is 1. The minimum Gasteiger partial charge on any atom is -0.477 e. The van der Waals surface area contributed by atoms with Gasteiger partial charge in [0.2, 0.25) is 0 Å². The predicted molar refractivity (Wildman–Crippen MR) is 40.0 cm³/mol. The molecule has 0 saturated heterocycles.